The molecule has 5 nitrogen and oxygen atoms in total. The quantitative estimate of drug-likeness (QED) is 0.503. The number of carbonyl (C=O) groups excluding carboxylic acids is 1. The van der Waals surface area contributed by atoms with Crippen LogP contribution in [0.15, 0.2) is 66.9 Å². The molecule has 2 aliphatic heterocycles. The van der Waals surface area contributed by atoms with Crippen molar-refractivity contribution in [2.45, 2.75) is 18.1 Å². The number of fused-ring (bicyclic) bond motifs is 1. The Morgan fingerprint density at radius 2 is 1.59 bits per heavy atom. The molecule has 3 aromatic rings. The zero-order valence-corrected chi connectivity index (χ0v) is 19.2. The predicted octanol–water partition coefficient (Wildman–Crippen LogP) is 4.41. The van der Waals surface area contributed by atoms with Crippen molar-refractivity contribution in [3.63, 3.8) is 0 Å². The Kier molecular flexibility index (Phi) is 6.60. The van der Waals surface area contributed by atoms with E-state index >= 15 is 0 Å². The van der Waals surface area contributed by atoms with E-state index in [9.17, 15) is 4.79 Å². The minimum Gasteiger partial charge on any atom is -0.354 e. The number of unbranched alkanes of at least 4 members (excludes halogenated alkanes) is 1. The normalized spacial score (nSPS) is 19.8. The minimum atomic E-state index is -0.0204. The molecule has 2 saturated heterocycles. The van der Waals surface area contributed by atoms with Crippen LogP contribution in [0.4, 0.5) is 5.82 Å². The van der Waals surface area contributed by atoms with Crippen LogP contribution in [0.3, 0.4) is 0 Å². The van der Waals surface area contributed by atoms with Crippen molar-refractivity contribution < 1.29 is 4.79 Å². The number of pyridine rings is 1. The Bertz CT molecular complexity index is 1050. The van der Waals surface area contributed by atoms with Gasteiger partial charge in [0.05, 0.1) is 5.88 Å². The van der Waals surface area contributed by atoms with Crippen LogP contribution in [0.5, 0.6) is 0 Å². The molecule has 6 heteroatoms. The van der Waals surface area contributed by atoms with Crippen LogP contribution in [0, 0.1) is 0 Å². The van der Waals surface area contributed by atoms with Gasteiger partial charge in [-0.1, -0.05) is 54.6 Å². The highest BCUT2D eigenvalue weighted by atomic mass is 32.2. The number of benzene rings is 2. The highest BCUT2D eigenvalue weighted by Gasteiger charge is 2.32. The van der Waals surface area contributed by atoms with Gasteiger partial charge in [0.2, 0.25) is 5.91 Å². The van der Waals surface area contributed by atoms with Gasteiger partial charge in [0, 0.05) is 44.3 Å². The van der Waals surface area contributed by atoms with Gasteiger partial charge in [-0.05, 0) is 36.4 Å². The molecule has 0 spiro atoms. The first kappa shape index (κ1) is 21.3. The number of amides is 1. The summed E-state index contributed by atoms with van der Waals surface area (Å²) in [6.45, 7) is 6.16. The molecule has 0 radical (unpaired) electrons. The van der Waals surface area contributed by atoms with E-state index in [1.807, 2.05) is 29.3 Å². The van der Waals surface area contributed by atoms with Crippen molar-refractivity contribution in [3.05, 3.63) is 72.4 Å². The van der Waals surface area contributed by atoms with Crippen molar-refractivity contribution in [2.75, 3.05) is 50.0 Å². The predicted molar refractivity (Wildman–Crippen MR) is 133 cm³/mol. The molecule has 1 aromatic heterocycles. The van der Waals surface area contributed by atoms with Gasteiger partial charge in [0.1, 0.15) is 11.1 Å². The Morgan fingerprint density at radius 1 is 0.875 bits per heavy atom. The highest BCUT2D eigenvalue weighted by Crippen LogP contribution is 2.37. The maximum absolute atomic E-state index is 12.7. The summed E-state index contributed by atoms with van der Waals surface area (Å²) < 4.78 is 0. The summed E-state index contributed by atoms with van der Waals surface area (Å²) in [6, 6.07) is 20.8. The van der Waals surface area contributed by atoms with Crippen molar-refractivity contribution in [1.29, 1.82) is 0 Å². The first-order valence-corrected chi connectivity index (χ1v) is 12.6. The fourth-order valence-corrected chi connectivity index (χ4v) is 5.82. The average molecular weight is 447 g/mol. The standard InChI is InChI=1S/C26H30N4OS/c31-26-25(21-8-2-1-3-9-21)32-20-30(26)13-7-6-12-28-14-16-29(17-15-28)24-18-22-10-4-5-11-23(22)19-27-24/h1-5,8-11,18-19,25H,6-7,12-17,20H2. The third-order valence-electron chi connectivity index (χ3n) is 6.50. The lowest BCUT2D eigenvalue weighted by Gasteiger charge is -2.35. The number of hydrogen-bond donors (Lipinski definition) is 0. The molecule has 1 unspecified atom stereocenters. The molecule has 32 heavy (non-hydrogen) atoms. The van der Waals surface area contributed by atoms with Gasteiger partial charge in [-0.3, -0.25) is 9.69 Å². The number of thioether (sulfide) groups is 1. The van der Waals surface area contributed by atoms with E-state index in [1.54, 1.807) is 11.8 Å². The summed E-state index contributed by atoms with van der Waals surface area (Å²) >= 11 is 1.75. The summed E-state index contributed by atoms with van der Waals surface area (Å²) in [5.74, 6) is 2.18. The van der Waals surface area contributed by atoms with Crippen LogP contribution in [0.2, 0.25) is 0 Å². The van der Waals surface area contributed by atoms with Crippen molar-refractivity contribution in [3.8, 4) is 0 Å². The number of piperazine rings is 1. The molecule has 166 valence electrons. The first-order chi connectivity index (χ1) is 15.8. The van der Waals surface area contributed by atoms with Crippen LogP contribution in [-0.2, 0) is 4.79 Å². The van der Waals surface area contributed by atoms with Crippen LogP contribution in [0.25, 0.3) is 10.8 Å². The van der Waals surface area contributed by atoms with Crippen LogP contribution in [-0.4, -0.2) is 65.8 Å². The molecule has 2 aliphatic rings. The first-order valence-electron chi connectivity index (χ1n) is 11.6. The molecule has 3 heterocycles. The zero-order valence-electron chi connectivity index (χ0n) is 18.4. The lowest BCUT2D eigenvalue weighted by molar-refractivity contribution is -0.128. The molecule has 0 aliphatic carbocycles. The lowest BCUT2D eigenvalue weighted by Crippen LogP contribution is -2.47. The third-order valence-corrected chi connectivity index (χ3v) is 7.77. The van der Waals surface area contributed by atoms with Crippen molar-refractivity contribution in [1.82, 2.24) is 14.8 Å². The topological polar surface area (TPSA) is 39.7 Å². The summed E-state index contributed by atoms with van der Waals surface area (Å²) in [5.41, 5.74) is 1.13. The minimum absolute atomic E-state index is 0.0204. The second kappa shape index (κ2) is 9.92. The smallest absolute Gasteiger partial charge is 0.240 e. The molecule has 1 amide bonds. The van der Waals surface area contributed by atoms with Gasteiger partial charge in [-0.15, -0.1) is 11.8 Å². The van der Waals surface area contributed by atoms with E-state index in [1.165, 1.54) is 10.8 Å². The molecule has 0 bridgehead atoms. The van der Waals surface area contributed by atoms with Gasteiger partial charge in [0.25, 0.3) is 0 Å². The zero-order chi connectivity index (χ0) is 21.8. The van der Waals surface area contributed by atoms with Gasteiger partial charge >= 0.3 is 0 Å². The van der Waals surface area contributed by atoms with Gasteiger partial charge in [0.15, 0.2) is 0 Å². The summed E-state index contributed by atoms with van der Waals surface area (Å²) in [7, 11) is 0. The second-order valence-corrected chi connectivity index (χ2v) is 9.68. The number of anilines is 1. The molecular weight excluding hydrogens is 416 g/mol. The molecular formula is C26H30N4OS. The molecule has 0 saturated carbocycles. The second-order valence-electron chi connectivity index (χ2n) is 8.61. The molecule has 0 N–H and O–H groups in total. The fraction of sp³-hybridized carbons (Fsp3) is 0.385. The van der Waals surface area contributed by atoms with Gasteiger partial charge in [-0.2, -0.15) is 0 Å². The van der Waals surface area contributed by atoms with E-state index in [2.05, 4.69) is 57.2 Å². The van der Waals surface area contributed by atoms with Crippen molar-refractivity contribution >= 4 is 34.3 Å². The number of carbonyl (C=O) groups is 1. The fourth-order valence-electron chi connectivity index (χ4n) is 4.59. The number of rotatable bonds is 7. The molecule has 2 fully saturated rings. The number of hydrogen-bond acceptors (Lipinski definition) is 5. The Labute approximate surface area is 194 Å². The third kappa shape index (κ3) is 4.76. The molecule has 2 aromatic carbocycles. The van der Waals surface area contributed by atoms with E-state index in [0.29, 0.717) is 0 Å². The highest BCUT2D eigenvalue weighted by molar-refractivity contribution is 8.00. The van der Waals surface area contributed by atoms with Gasteiger partial charge < -0.3 is 9.80 Å². The number of aromatic nitrogens is 1. The lowest BCUT2D eigenvalue weighted by atomic mass is 10.1. The Hall–Kier alpha value is -2.57. The van der Waals surface area contributed by atoms with Crippen LogP contribution < -0.4 is 4.90 Å². The maximum atomic E-state index is 12.7. The Morgan fingerprint density at radius 3 is 2.41 bits per heavy atom. The SMILES string of the molecule is O=C1C(c2ccccc2)SCN1CCCCN1CCN(c2cc3ccccc3cn2)CC1. The van der Waals surface area contributed by atoms with E-state index in [0.717, 1.165) is 69.4 Å². The van der Waals surface area contributed by atoms with E-state index < -0.39 is 0 Å². The largest absolute Gasteiger partial charge is 0.354 e. The monoisotopic (exact) mass is 446 g/mol. The summed E-state index contributed by atoms with van der Waals surface area (Å²) in [5, 5.41) is 2.43. The van der Waals surface area contributed by atoms with Crippen LogP contribution >= 0.6 is 11.8 Å². The summed E-state index contributed by atoms with van der Waals surface area (Å²) in [6.07, 6.45) is 4.19. The van der Waals surface area contributed by atoms with E-state index in [4.69, 9.17) is 0 Å². The number of nitrogens with zero attached hydrogens (tertiary/aromatic N) is 4. The average Bonchev–Trinajstić information content (AvgIpc) is 3.22. The van der Waals surface area contributed by atoms with Crippen molar-refractivity contribution in [2.24, 2.45) is 0 Å². The Balaban J connectivity index is 1.04. The molecule has 5 rings (SSSR count). The summed E-state index contributed by atoms with van der Waals surface area (Å²) in [4.78, 5) is 24.4. The van der Waals surface area contributed by atoms with E-state index in [-0.39, 0.29) is 11.2 Å². The molecule has 1 atom stereocenters. The maximum Gasteiger partial charge on any atom is 0.240 e. The van der Waals surface area contributed by atoms with Gasteiger partial charge in [-0.25, -0.2) is 4.98 Å². The van der Waals surface area contributed by atoms with Crippen LogP contribution in [0.1, 0.15) is 23.7 Å².